The first kappa shape index (κ1) is 62.2. The predicted molar refractivity (Wildman–Crippen MR) is 356 cm³/mol. The average Bonchev–Trinajstić information content (AvgIpc) is 2.09. The number of carbonyl (C=O) groups is 2. The van der Waals surface area contributed by atoms with Crippen molar-refractivity contribution < 1.29 is 28.3 Å². The molecule has 0 saturated carbocycles. The summed E-state index contributed by atoms with van der Waals surface area (Å²) in [4.78, 5) is 56.3. The van der Waals surface area contributed by atoms with Gasteiger partial charge in [0, 0.05) is 98.8 Å². The highest BCUT2D eigenvalue weighted by molar-refractivity contribution is 9.10. The summed E-state index contributed by atoms with van der Waals surface area (Å²) in [6, 6.07) is 23.5. The van der Waals surface area contributed by atoms with Crippen LogP contribution in [-0.4, -0.2) is 124 Å². The van der Waals surface area contributed by atoms with Crippen LogP contribution in [0.1, 0.15) is 38.5 Å². The SMILES string of the molecule is COc1ccc(Cl)c(Sc2nc3c(N)nccc3n2CCC2CCN(C(=O)CO)C2)c1.Nc1nccc2c1nc(Sc1cc3occc3cc1Br)n2CCC1CCN(C=O)C1.Nc1nccc2c1nc(Sc1cc3occc3cc1Br)n2CCC1CCNC1. The van der Waals surface area contributed by atoms with Gasteiger partial charge in [0.25, 0.3) is 0 Å². The molecule has 3 unspecified atom stereocenters. The summed E-state index contributed by atoms with van der Waals surface area (Å²) < 4.78 is 25.1. The molecule has 0 radical (unpaired) electrons. The molecule has 3 saturated heterocycles. The van der Waals surface area contributed by atoms with Gasteiger partial charge in [-0.1, -0.05) is 35.1 Å². The number of fused-ring (bicyclic) bond motifs is 5. The zero-order valence-electron chi connectivity index (χ0n) is 48.4. The smallest absolute Gasteiger partial charge is 0.248 e. The number of aryl methyl sites for hydroxylation is 3. The monoisotopic (exact) mass is 1400 g/mol. The van der Waals surface area contributed by atoms with E-state index in [0.717, 1.165) is 179 Å². The summed E-state index contributed by atoms with van der Waals surface area (Å²) >= 11 is 18.4. The van der Waals surface area contributed by atoms with E-state index in [-0.39, 0.29) is 5.91 Å². The van der Waals surface area contributed by atoms with Gasteiger partial charge in [0.15, 0.2) is 32.9 Å². The highest BCUT2D eigenvalue weighted by atomic mass is 79.9. The Morgan fingerprint density at radius 1 is 0.674 bits per heavy atom. The molecule has 2 amide bonds. The molecule has 27 heteroatoms. The number of imidazole rings is 3. The lowest BCUT2D eigenvalue weighted by molar-refractivity contribution is -0.133. The fourth-order valence-corrected chi connectivity index (χ4v) is 15.9. The summed E-state index contributed by atoms with van der Waals surface area (Å²) in [5.74, 6) is 3.37. The zero-order valence-corrected chi connectivity index (χ0v) is 54.8. The molecule has 0 spiro atoms. The number of methoxy groups -OCH3 is 1. The van der Waals surface area contributed by atoms with Crippen LogP contribution in [0.5, 0.6) is 5.75 Å². The van der Waals surface area contributed by atoms with E-state index in [0.29, 0.717) is 58.8 Å². The van der Waals surface area contributed by atoms with Gasteiger partial charge >= 0.3 is 0 Å². The summed E-state index contributed by atoms with van der Waals surface area (Å²) in [5.41, 5.74) is 25.1. The minimum atomic E-state index is -0.437. The number of pyridine rings is 3. The number of likely N-dealkylation sites (tertiary alicyclic amines) is 2. The third kappa shape index (κ3) is 14.0. The number of nitrogen functional groups attached to an aromatic ring is 3. The maximum Gasteiger partial charge on any atom is 0.248 e. The third-order valence-corrected chi connectivity index (χ3v) is 21.9. The second-order valence-electron chi connectivity index (χ2n) is 22.0. The molecule has 89 heavy (non-hydrogen) atoms. The van der Waals surface area contributed by atoms with Crippen LogP contribution >= 0.6 is 78.7 Å². The van der Waals surface area contributed by atoms with Gasteiger partial charge in [0.2, 0.25) is 12.3 Å². The van der Waals surface area contributed by atoms with Gasteiger partial charge in [0.1, 0.15) is 40.1 Å². The van der Waals surface area contributed by atoms with Crippen LogP contribution in [-0.2, 0) is 29.2 Å². The number of ether oxygens (including phenoxy) is 1. The number of carbonyl (C=O) groups excluding carboxylic acids is 2. The fraction of sp³-hybridized carbons (Fsp3) is 0.323. The molecule has 0 aliphatic carbocycles. The minimum absolute atomic E-state index is 0.210. The lowest BCUT2D eigenvalue weighted by Gasteiger charge is -2.16. The van der Waals surface area contributed by atoms with Crippen LogP contribution < -0.4 is 27.3 Å². The highest BCUT2D eigenvalue weighted by Gasteiger charge is 2.28. The number of nitrogens with two attached hydrogens (primary N) is 3. The molecule has 11 aromatic rings. The molecule has 21 nitrogen and oxygen atoms in total. The van der Waals surface area contributed by atoms with Crippen LogP contribution in [0.25, 0.3) is 55.0 Å². The third-order valence-electron chi connectivity index (χ3n) is 16.4. The van der Waals surface area contributed by atoms with Crippen molar-refractivity contribution in [3.05, 3.63) is 118 Å². The average molecular weight is 1410 g/mol. The summed E-state index contributed by atoms with van der Waals surface area (Å²) in [6.45, 7) is 7.23. The van der Waals surface area contributed by atoms with Crippen LogP contribution in [0, 0.1) is 17.8 Å². The molecule has 462 valence electrons. The molecule has 8 aromatic heterocycles. The molecular weight excluding hydrogens is 1340 g/mol. The number of benzene rings is 3. The predicted octanol–water partition coefficient (Wildman–Crippen LogP) is 12.3. The Morgan fingerprint density at radius 2 is 1.17 bits per heavy atom. The molecule has 3 aliphatic rings. The molecule has 3 aliphatic heterocycles. The largest absolute Gasteiger partial charge is 0.497 e. The second-order valence-corrected chi connectivity index (χ2v) is 27.2. The van der Waals surface area contributed by atoms with Crippen LogP contribution in [0.2, 0.25) is 5.02 Å². The number of amides is 2. The maximum absolute atomic E-state index is 11.8. The van der Waals surface area contributed by atoms with Crippen molar-refractivity contribution in [3.63, 3.8) is 0 Å². The normalized spacial score (nSPS) is 16.7. The second kappa shape index (κ2) is 28.0. The number of hydrogen-bond donors (Lipinski definition) is 5. The van der Waals surface area contributed by atoms with Crippen LogP contribution in [0.4, 0.5) is 17.5 Å². The summed E-state index contributed by atoms with van der Waals surface area (Å²) in [6.07, 6.45) is 15.7. The number of aliphatic hydroxyl groups is 1. The maximum atomic E-state index is 11.8. The van der Waals surface area contributed by atoms with E-state index < -0.39 is 6.61 Å². The standard InChI is InChI=1S/C21H20BrN5O2S.C21H24ClN5O3S.C20H20BrN5OS/c22-15-9-14-4-8-29-17(14)10-18(15)30-21-25-19-16(1-5-24-20(19)23)27(21)7-3-13-2-6-26(11-13)12-28;1-30-14-2-3-15(22)17(10-14)31-21-25-19-16(4-7-24-20(19)23)27(21)9-6-13-5-8-26(11-13)18(29)12-28;21-14-9-13-4-8-27-16(13)10-17(14)28-20-25-18-15(2-6-24-19(18)22)26(20)7-3-12-1-5-23-11-12/h1,4-5,8-10,12-13H,2-3,6-7,11H2,(H2,23,24);2-4,7,10,13,28H,5-6,8-9,11-12H2,1H3,(H2,23,24);2,4,6,8-10,12,23H,1,3,5,7,11H2,(H2,22,24). The first-order valence-electron chi connectivity index (χ1n) is 29.1. The Hall–Kier alpha value is -7.04. The Bertz CT molecular complexity index is 4360. The number of halogens is 3. The van der Waals surface area contributed by atoms with E-state index in [1.807, 2.05) is 53.4 Å². The minimum Gasteiger partial charge on any atom is -0.497 e. The quantitative estimate of drug-likeness (QED) is 0.0499. The van der Waals surface area contributed by atoms with Crippen molar-refractivity contribution in [2.45, 2.75) is 88.3 Å². The Morgan fingerprint density at radius 3 is 1.64 bits per heavy atom. The van der Waals surface area contributed by atoms with Gasteiger partial charge in [-0.2, -0.15) is 0 Å². The molecule has 11 heterocycles. The molecule has 8 N–H and O–H groups in total. The van der Waals surface area contributed by atoms with Crippen molar-refractivity contribution in [2.75, 3.05) is 70.2 Å². The van der Waals surface area contributed by atoms with Crippen molar-refractivity contribution in [2.24, 2.45) is 17.8 Å². The van der Waals surface area contributed by atoms with Gasteiger partial charge < -0.3 is 64.7 Å². The summed E-state index contributed by atoms with van der Waals surface area (Å²) in [7, 11) is 1.62. The van der Waals surface area contributed by atoms with Gasteiger partial charge in [0.05, 0.1) is 41.2 Å². The Balaban J connectivity index is 0.000000130. The number of aromatic nitrogens is 9. The molecule has 3 atom stereocenters. The van der Waals surface area contributed by atoms with E-state index in [1.54, 1.807) is 72.7 Å². The van der Waals surface area contributed by atoms with Crippen LogP contribution in [0.15, 0.2) is 152 Å². The van der Waals surface area contributed by atoms with E-state index in [2.05, 4.69) is 84.0 Å². The first-order chi connectivity index (χ1) is 43.3. The van der Waals surface area contributed by atoms with Crippen molar-refractivity contribution in [3.8, 4) is 5.75 Å². The number of furan rings is 2. The Labute approximate surface area is 546 Å². The van der Waals surface area contributed by atoms with E-state index >= 15 is 0 Å². The number of nitrogens with one attached hydrogen (secondary N) is 1. The van der Waals surface area contributed by atoms with E-state index in [1.165, 1.54) is 18.2 Å². The first-order valence-corrected chi connectivity index (χ1v) is 33.5. The van der Waals surface area contributed by atoms with Crippen molar-refractivity contribution in [1.82, 2.24) is 58.7 Å². The number of hydrogen-bond acceptors (Lipinski definition) is 19. The van der Waals surface area contributed by atoms with Gasteiger partial charge in [-0.3, -0.25) is 9.59 Å². The topological polar surface area (TPSA) is 279 Å². The van der Waals surface area contributed by atoms with Crippen molar-refractivity contribution >= 4 is 164 Å². The lowest BCUT2D eigenvalue weighted by atomic mass is 10.1. The summed E-state index contributed by atoms with van der Waals surface area (Å²) in [5, 5.41) is 17.8. The van der Waals surface area contributed by atoms with Crippen LogP contribution in [0.3, 0.4) is 0 Å². The van der Waals surface area contributed by atoms with E-state index in [4.69, 9.17) is 62.4 Å². The number of nitrogens with zero attached hydrogens (tertiary/aromatic N) is 11. The van der Waals surface area contributed by atoms with Crippen molar-refractivity contribution in [1.29, 1.82) is 0 Å². The lowest BCUT2D eigenvalue weighted by Crippen LogP contribution is -2.31. The molecule has 0 bridgehead atoms. The zero-order chi connectivity index (χ0) is 61.7. The number of anilines is 3. The number of rotatable bonds is 18. The van der Waals surface area contributed by atoms with Gasteiger partial charge in [-0.25, -0.2) is 29.9 Å². The Kier molecular flexibility index (Phi) is 19.6. The molecular formula is C62H64Br2ClN15O6S3. The van der Waals surface area contributed by atoms with Gasteiger partial charge in [-0.15, -0.1) is 0 Å². The molecule has 3 aromatic carbocycles. The molecule has 3 fully saturated rings. The van der Waals surface area contributed by atoms with Gasteiger partial charge in [-0.05, 0) is 186 Å². The highest BCUT2D eigenvalue weighted by Crippen LogP contribution is 2.42. The number of aliphatic hydroxyl groups excluding tert-OH is 1. The fourth-order valence-electron chi connectivity index (χ4n) is 11.6. The molecule has 14 rings (SSSR count). The van der Waals surface area contributed by atoms with E-state index in [9.17, 15) is 9.59 Å².